The number of halogens is 3. The number of ether oxygens (including phenoxy) is 2. The zero-order chi connectivity index (χ0) is 24.0. The molecular weight excluding hydrogens is 574 g/mol. The Bertz CT molecular complexity index is 1270. The monoisotopic (exact) mass is 592 g/mol. The lowest BCUT2D eigenvalue weighted by Gasteiger charge is -2.14. The molecule has 0 radical (unpaired) electrons. The van der Waals surface area contributed by atoms with Crippen molar-refractivity contribution < 1.29 is 14.3 Å². The number of aryl methyl sites for hydroxylation is 1. The molecular formula is C25H19Cl2IN2O3. The largest absolute Gasteiger partial charge is 0.493 e. The van der Waals surface area contributed by atoms with E-state index in [9.17, 15) is 10.1 Å². The van der Waals surface area contributed by atoms with Crippen LogP contribution in [0.15, 0.2) is 60.2 Å². The third-order valence-electron chi connectivity index (χ3n) is 4.63. The highest BCUT2D eigenvalue weighted by Crippen LogP contribution is 2.35. The van der Waals surface area contributed by atoms with Crippen LogP contribution in [0, 0.1) is 21.8 Å². The van der Waals surface area contributed by atoms with Crippen LogP contribution >= 0.6 is 45.8 Å². The molecule has 168 valence electrons. The standard InChI is InChI=1S/C25H19Cl2IN2O3/c1-15-6-7-20(12-21(15)27)30-25(31)18(13-29)8-17-10-22(28)24(23(11-17)32-2)33-14-16-4-3-5-19(26)9-16/h3-12H,14H2,1-2H3,(H,30,31)/b18-8+. The summed E-state index contributed by atoms with van der Waals surface area (Å²) < 4.78 is 12.2. The first-order valence-corrected chi connectivity index (χ1v) is 11.6. The maximum absolute atomic E-state index is 12.6. The van der Waals surface area contributed by atoms with Gasteiger partial charge in [0.05, 0.1) is 10.7 Å². The van der Waals surface area contributed by atoms with Gasteiger partial charge in [0.15, 0.2) is 11.5 Å². The highest BCUT2D eigenvalue weighted by atomic mass is 127. The minimum atomic E-state index is -0.535. The van der Waals surface area contributed by atoms with Crippen LogP contribution in [0.25, 0.3) is 6.08 Å². The molecule has 0 atom stereocenters. The normalized spacial score (nSPS) is 11.0. The Morgan fingerprint density at radius 2 is 1.97 bits per heavy atom. The summed E-state index contributed by atoms with van der Waals surface area (Å²) in [5, 5.41) is 13.4. The van der Waals surface area contributed by atoms with Crippen molar-refractivity contribution in [2.24, 2.45) is 0 Å². The van der Waals surface area contributed by atoms with Crippen molar-refractivity contribution in [3.8, 4) is 17.6 Å². The molecule has 0 aliphatic heterocycles. The number of nitrogens with zero attached hydrogens (tertiary/aromatic N) is 1. The van der Waals surface area contributed by atoms with Crippen LogP contribution in [0.2, 0.25) is 10.0 Å². The lowest BCUT2D eigenvalue weighted by atomic mass is 10.1. The Balaban J connectivity index is 1.82. The van der Waals surface area contributed by atoms with Crippen LogP contribution in [0.1, 0.15) is 16.7 Å². The molecule has 1 N–H and O–H groups in total. The molecule has 0 aliphatic carbocycles. The first-order valence-electron chi connectivity index (χ1n) is 9.74. The zero-order valence-electron chi connectivity index (χ0n) is 17.8. The van der Waals surface area contributed by atoms with Crippen LogP contribution in [-0.4, -0.2) is 13.0 Å². The predicted octanol–water partition coefficient (Wildman–Crippen LogP) is 7.04. The Hall–Kier alpha value is -2.73. The Morgan fingerprint density at radius 1 is 1.18 bits per heavy atom. The van der Waals surface area contributed by atoms with Crippen molar-refractivity contribution in [3.63, 3.8) is 0 Å². The first kappa shape index (κ1) is 24.9. The summed E-state index contributed by atoms with van der Waals surface area (Å²) in [7, 11) is 1.53. The van der Waals surface area contributed by atoms with Gasteiger partial charge in [0.25, 0.3) is 5.91 Å². The Labute approximate surface area is 216 Å². The molecule has 0 fully saturated rings. The maximum atomic E-state index is 12.6. The first-order chi connectivity index (χ1) is 15.8. The molecule has 33 heavy (non-hydrogen) atoms. The Morgan fingerprint density at radius 3 is 2.64 bits per heavy atom. The zero-order valence-corrected chi connectivity index (χ0v) is 21.5. The van der Waals surface area contributed by atoms with E-state index in [1.165, 1.54) is 13.2 Å². The summed E-state index contributed by atoms with van der Waals surface area (Å²) >= 11 is 14.3. The highest BCUT2D eigenvalue weighted by Gasteiger charge is 2.15. The third-order valence-corrected chi connectivity index (χ3v) is 6.07. The molecule has 0 unspecified atom stereocenters. The van der Waals surface area contributed by atoms with E-state index in [0.717, 1.165) is 14.7 Å². The highest BCUT2D eigenvalue weighted by molar-refractivity contribution is 14.1. The van der Waals surface area contributed by atoms with E-state index in [4.69, 9.17) is 32.7 Å². The van der Waals surface area contributed by atoms with Crippen molar-refractivity contribution in [2.45, 2.75) is 13.5 Å². The number of carbonyl (C=O) groups excluding carboxylic acids is 1. The van der Waals surface area contributed by atoms with Gasteiger partial charge in [-0.25, -0.2) is 0 Å². The molecule has 0 saturated heterocycles. The number of benzene rings is 3. The molecule has 5 nitrogen and oxygen atoms in total. The number of nitrogens with one attached hydrogen (secondary N) is 1. The number of hydrogen-bond donors (Lipinski definition) is 1. The minimum absolute atomic E-state index is 0.0582. The van der Waals surface area contributed by atoms with Crippen molar-refractivity contribution >= 4 is 63.5 Å². The smallest absolute Gasteiger partial charge is 0.266 e. The predicted molar refractivity (Wildman–Crippen MR) is 140 cm³/mol. The van der Waals surface area contributed by atoms with E-state index < -0.39 is 5.91 Å². The van der Waals surface area contributed by atoms with Gasteiger partial charge >= 0.3 is 0 Å². The second-order valence-corrected chi connectivity index (χ2v) is 9.05. The van der Waals surface area contributed by atoms with Gasteiger partial charge < -0.3 is 14.8 Å². The van der Waals surface area contributed by atoms with E-state index in [1.54, 1.807) is 30.3 Å². The van der Waals surface area contributed by atoms with Crippen LogP contribution in [0.4, 0.5) is 5.69 Å². The summed E-state index contributed by atoms with van der Waals surface area (Å²) in [6.07, 6.45) is 1.50. The summed E-state index contributed by atoms with van der Waals surface area (Å²) in [6.45, 7) is 2.18. The lowest BCUT2D eigenvalue weighted by molar-refractivity contribution is -0.112. The number of carbonyl (C=O) groups is 1. The van der Waals surface area contributed by atoms with Gasteiger partial charge in [0.1, 0.15) is 18.2 Å². The van der Waals surface area contributed by atoms with Gasteiger partial charge in [-0.1, -0.05) is 41.4 Å². The average molecular weight is 593 g/mol. The molecule has 0 saturated carbocycles. The summed E-state index contributed by atoms with van der Waals surface area (Å²) in [4.78, 5) is 12.6. The van der Waals surface area contributed by atoms with Gasteiger partial charge in [-0.2, -0.15) is 5.26 Å². The second kappa shape index (κ2) is 11.4. The molecule has 0 spiro atoms. The van der Waals surface area contributed by atoms with E-state index >= 15 is 0 Å². The SMILES string of the molecule is COc1cc(/C=C(\C#N)C(=O)Nc2ccc(C)c(Cl)c2)cc(I)c1OCc1cccc(Cl)c1. The molecule has 0 aromatic heterocycles. The van der Waals surface area contributed by atoms with E-state index in [0.29, 0.717) is 39.4 Å². The van der Waals surface area contributed by atoms with Crippen molar-refractivity contribution in [1.82, 2.24) is 0 Å². The van der Waals surface area contributed by atoms with E-state index in [2.05, 4.69) is 27.9 Å². The molecule has 0 heterocycles. The number of nitriles is 1. The number of methoxy groups -OCH3 is 1. The fourth-order valence-corrected chi connectivity index (χ4v) is 4.10. The second-order valence-electron chi connectivity index (χ2n) is 7.04. The van der Waals surface area contributed by atoms with Gasteiger partial charge in [0, 0.05) is 15.7 Å². The fraction of sp³-hybridized carbons (Fsp3) is 0.120. The number of hydrogen-bond acceptors (Lipinski definition) is 4. The molecule has 3 aromatic carbocycles. The molecule has 0 bridgehead atoms. The van der Waals surface area contributed by atoms with Gasteiger partial charge in [-0.15, -0.1) is 0 Å². The number of amides is 1. The fourth-order valence-electron chi connectivity index (χ4n) is 2.93. The average Bonchev–Trinajstić information content (AvgIpc) is 2.78. The summed E-state index contributed by atoms with van der Waals surface area (Å²) in [5.41, 5.74) is 2.89. The number of rotatable bonds is 7. The van der Waals surface area contributed by atoms with Crippen LogP contribution in [-0.2, 0) is 11.4 Å². The maximum Gasteiger partial charge on any atom is 0.266 e. The van der Waals surface area contributed by atoms with Crippen molar-refractivity contribution in [2.75, 3.05) is 12.4 Å². The minimum Gasteiger partial charge on any atom is -0.493 e. The molecule has 3 aromatic rings. The van der Waals surface area contributed by atoms with Crippen LogP contribution in [0.5, 0.6) is 11.5 Å². The molecule has 0 aliphatic rings. The van der Waals surface area contributed by atoms with Crippen LogP contribution < -0.4 is 14.8 Å². The summed E-state index contributed by atoms with van der Waals surface area (Å²) in [5.74, 6) is 0.512. The van der Waals surface area contributed by atoms with Gasteiger partial charge in [-0.3, -0.25) is 4.79 Å². The third kappa shape index (κ3) is 6.64. The van der Waals surface area contributed by atoms with E-state index in [1.807, 2.05) is 37.3 Å². The van der Waals surface area contributed by atoms with Crippen molar-refractivity contribution in [1.29, 1.82) is 5.26 Å². The van der Waals surface area contributed by atoms with E-state index in [-0.39, 0.29) is 5.57 Å². The Kier molecular flexibility index (Phi) is 8.61. The molecule has 1 amide bonds. The molecule has 3 rings (SSSR count). The lowest BCUT2D eigenvalue weighted by Crippen LogP contribution is -2.13. The molecule has 8 heteroatoms. The number of anilines is 1. The quantitative estimate of drug-likeness (QED) is 0.181. The van der Waals surface area contributed by atoms with Crippen LogP contribution in [0.3, 0.4) is 0 Å². The summed E-state index contributed by atoms with van der Waals surface area (Å²) in [6, 6.07) is 18.0. The van der Waals surface area contributed by atoms with Crippen molar-refractivity contribution in [3.05, 3.63) is 90.5 Å². The topological polar surface area (TPSA) is 71.3 Å². The van der Waals surface area contributed by atoms with Gasteiger partial charge in [0.2, 0.25) is 0 Å². The van der Waals surface area contributed by atoms with Gasteiger partial charge in [-0.05, 0) is 88.7 Å².